The maximum absolute atomic E-state index is 12.8. The molecule has 2 aromatic carbocycles. The molecule has 4 aromatic rings. The van der Waals surface area contributed by atoms with Gasteiger partial charge in [-0.05, 0) is 35.6 Å². The first-order valence-corrected chi connectivity index (χ1v) is 14.3. The van der Waals surface area contributed by atoms with Crippen molar-refractivity contribution in [1.29, 1.82) is 0 Å². The molecule has 2 aromatic heterocycles. The van der Waals surface area contributed by atoms with Crippen molar-refractivity contribution >= 4 is 40.0 Å². The van der Waals surface area contributed by atoms with E-state index in [9.17, 15) is 9.59 Å². The summed E-state index contributed by atoms with van der Waals surface area (Å²) in [5, 5.41) is 14.3. The molecular weight excluding hydrogens is 532 g/mol. The third-order valence-corrected chi connectivity index (χ3v) is 8.03. The molecule has 39 heavy (non-hydrogen) atoms. The van der Waals surface area contributed by atoms with Gasteiger partial charge >= 0.3 is 5.97 Å². The molecule has 0 saturated carbocycles. The Hall–Kier alpha value is -3.63. The molecule has 0 bridgehead atoms. The van der Waals surface area contributed by atoms with Crippen molar-refractivity contribution in [3.63, 3.8) is 0 Å². The molecule has 1 atom stereocenters. The zero-order valence-electron chi connectivity index (χ0n) is 22.8. The number of nitrogens with one attached hydrogen (secondary N) is 1. The van der Waals surface area contributed by atoms with Gasteiger partial charge in [-0.15, -0.1) is 21.5 Å². The number of thioether (sulfide) groups is 1. The summed E-state index contributed by atoms with van der Waals surface area (Å²) < 4.78 is 12.9. The van der Waals surface area contributed by atoms with E-state index in [1.165, 1.54) is 35.8 Å². The van der Waals surface area contributed by atoms with Crippen LogP contribution < -0.4 is 10.1 Å². The lowest BCUT2D eigenvalue weighted by molar-refractivity contribution is -0.113. The number of carbonyl (C=O) groups excluding carboxylic acids is 2. The smallest absolute Gasteiger partial charge is 0.341 e. The molecule has 204 valence electrons. The molecular formula is C29H32N4O4S2. The highest BCUT2D eigenvalue weighted by atomic mass is 32.2. The van der Waals surface area contributed by atoms with Crippen LogP contribution in [0.15, 0.2) is 65.1 Å². The molecule has 2 heterocycles. The van der Waals surface area contributed by atoms with E-state index in [-0.39, 0.29) is 23.2 Å². The van der Waals surface area contributed by atoms with Gasteiger partial charge in [-0.25, -0.2) is 4.79 Å². The Labute approximate surface area is 236 Å². The number of rotatable bonds is 9. The number of amides is 1. The third-order valence-electron chi connectivity index (χ3n) is 6.12. The molecule has 0 saturated heterocycles. The van der Waals surface area contributed by atoms with Gasteiger partial charge in [-0.2, -0.15) is 0 Å². The van der Waals surface area contributed by atoms with Gasteiger partial charge in [0.15, 0.2) is 17.1 Å². The van der Waals surface area contributed by atoms with E-state index in [0.717, 1.165) is 16.9 Å². The Morgan fingerprint density at radius 2 is 1.77 bits per heavy atom. The van der Waals surface area contributed by atoms with Gasteiger partial charge in [0.05, 0.1) is 12.9 Å². The molecule has 0 radical (unpaired) electrons. The minimum Gasteiger partial charge on any atom is -0.483 e. The maximum Gasteiger partial charge on any atom is 0.341 e. The van der Waals surface area contributed by atoms with Crippen molar-refractivity contribution in [2.45, 2.75) is 44.4 Å². The van der Waals surface area contributed by atoms with E-state index >= 15 is 0 Å². The van der Waals surface area contributed by atoms with Crippen LogP contribution in [0.1, 0.15) is 55.5 Å². The average Bonchev–Trinajstić information content (AvgIpc) is 3.50. The van der Waals surface area contributed by atoms with Gasteiger partial charge in [0.25, 0.3) is 0 Å². The lowest BCUT2D eigenvalue weighted by Crippen LogP contribution is -2.16. The lowest BCUT2D eigenvalue weighted by atomic mass is 9.87. The van der Waals surface area contributed by atoms with Crippen molar-refractivity contribution in [2.75, 3.05) is 18.2 Å². The van der Waals surface area contributed by atoms with Gasteiger partial charge in [0, 0.05) is 18.0 Å². The molecule has 1 N–H and O–H groups in total. The molecule has 0 aliphatic heterocycles. The highest BCUT2D eigenvalue weighted by Gasteiger charge is 2.23. The Morgan fingerprint density at radius 3 is 2.41 bits per heavy atom. The van der Waals surface area contributed by atoms with E-state index in [0.29, 0.717) is 21.5 Å². The number of hydrogen-bond donors (Lipinski definition) is 1. The average molecular weight is 565 g/mol. The molecule has 1 amide bonds. The molecule has 0 spiro atoms. The van der Waals surface area contributed by atoms with Gasteiger partial charge in [-0.1, -0.05) is 75.0 Å². The number of aromatic nitrogens is 3. The Bertz CT molecular complexity index is 1440. The van der Waals surface area contributed by atoms with Crippen molar-refractivity contribution in [1.82, 2.24) is 14.8 Å². The Morgan fingerprint density at radius 1 is 1.08 bits per heavy atom. The van der Waals surface area contributed by atoms with Crippen LogP contribution in [-0.4, -0.2) is 39.5 Å². The second kappa shape index (κ2) is 12.0. The molecule has 1 unspecified atom stereocenters. The van der Waals surface area contributed by atoms with Crippen molar-refractivity contribution in [3.8, 4) is 16.9 Å². The van der Waals surface area contributed by atoms with Crippen LogP contribution >= 0.6 is 23.1 Å². The molecule has 4 rings (SSSR count). The largest absolute Gasteiger partial charge is 0.483 e. The van der Waals surface area contributed by atoms with E-state index in [2.05, 4.69) is 48.4 Å². The predicted octanol–water partition coefficient (Wildman–Crippen LogP) is 6.50. The van der Waals surface area contributed by atoms with Gasteiger partial charge in [-0.3, -0.25) is 4.79 Å². The number of benzene rings is 2. The number of anilines is 1. The van der Waals surface area contributed by atoms with Crippen LogP contribution in [0.25, 0.3) is 11.1 Å². The standard InChI is InChI=1S/C29H32N4O4S2/c1-18(37-21-14-12-20(13-15-21)29(2,3)4)25-31-32-28(33(25)5)39-17-23(34)30-26-24(27(35)36-6)22(16-38-26)19-10-8-7-9-11-19/h7-16,18H,17H2,1-6H3,(H,30,34). The quantitative estimate of drug-likeness (QED) is 0.183. The fraction of sp³-hybridized carbons (Fsp3) is 0.310. The SMILES string of the molecule is COC(=O)c1c(-c2ccccc2)csc1NC(=O)CSc1nnc(C(C)Oc2ccc(C(C)(C)C)cc2)n1C. The van der Waals surface area contributed by atoms with E-state index in [1.807, 2.05) is 66.4 Å². The highest BCUT2D eigenvalue weighted by Crippen LogP contribution is 2.36. The minimum absolute atomic E-state index is 0.0702. The Kier molecular flexibility index (Phi) is 8.76. The lowest BCUT2D eigenvalue weighted by Gasteiger charge is -2.20. The van der Waals surface area contributed by atoms with Crippen LogP contribution in [0.5, 0.6) is 5.75 Å². The number of hydrogen-bond acceptors (Lipinski definition) is 8. The first kappa shape index (κ1) is 28.4. The summed E-state index contributed by atoms with van der Waals surface area (Å²) in [5.41, 5.74) is 3.23. The summed E-state index contributed by atoms with van der Waals surface area (Å²) in [6.07, 6.45) is -0.337. The molecule has 0 fully saturated rings. The number of thiophene rings is 1. The third kappa shape index (κ3) is 6.69. The summed E-state index contributed by atoms with van der Waals surface area (Å²) in [6, 6.07) is 17.6. The first-order chi connectivity index (χ1) is 18.6. The van der Waals surface area contributed by atoms with Crippen LogP contribution in [-0.2, 0) is 22.0 Å². The summed E-state index contributed by atoms with van der Waals surface area (Å²) in [6.45, 7) is 8.43. The van der Waals surface area contributed by atoms with Crippen LogP contribution in [0.4, 0.5) is 5.00 Å². The van der Waals surface area contributed by atoms with Crippen LogP contribution in [0.3, 0.4) is 0 Å². The van der Waals surface area contributed by atoms with Crippen molar-refractivity contribution in [2.24, 2.45) is 7.05 Å². The zero-order valence-corrected chi connectivity index (χ0v) is 24.5. The molecule has 10 heteroatoms. The topological polar surface area (TPSA) is 95.3 Å². The monoisotopic (exact) mass is 564 g/mol. The number of carbonyl (C=O) groups is 2. The van der Waals surface area contributed by atoms with E-state index in [1.54, 1.807) is 0 Å². The number of esters is 1. The summed E-state index contributed by atoms with van der Waals surface area (Å²) >= 11 is 2.54. The van der Waals surface area contributed by atoms with E-state index < -0.39 is 5.97 Å². The Balaban J connectivity index is 1.40. The van der Waals surface area contributed by atoms with E-state index in [4.69, 9.17) is 9.47 Å². The molecule has 0 aliphatic rings. The highest BCUT2D eigenvalue weighted by molar-refractivity contribution is 7.99. The van der Waals surface area contributed by atoms with Gasteiger partial charge in [0.2, 0.25) is 5.91 Å². The summed E-state index contributed by atoms with van der Waals surface area (Å²) in [7, 11) is 3.17. The second-order valence-corrected chi connectivity index (χ2v) is 11.8. The van der Waals surface area contributed by atoms with Crippen molar-refractivity contribution < 1.29 is 19.1 Å². The number of ether oxygens (including phenoxy) is 2. The fourth-order valence-electron chi connectivity index (χ4n) is 3.97. The van der Waals surface area contributed by atoms with Crippen LogP contribution in [0.2, 0.25) is 0 Å². The predicted molar refractivity (Wildman–Crippen MR) is 156 cm³/mol. The van der Waals surface area contributed by atoms with Crippen LogP contribution in [0, 0.1) is 0 Å². The number of nitrogens with zero attached hydrogens (tertiary/aromatic N) is 3. The maximum atomic E-state index is 12.8. The van der Waals surface area contributed by atoms with Gasteiger partial charge < -0.3 is 19.4 Å². The minimum atomic E-state index is -0.502. The zero-order chi connectivity index (χ0) is 28.2. The first-order valence-electron chi connectivity index (χ1n) is 12.4. The summed E-state index contributed by atoms with van der Waals surface area (Å²) in [4.78, 5) is 25.4. The van der Waals surface area contributed by atoms with Gasteiger partial charge in [0.1, 0.15) is 16.3 Å². The second-order valence-electron chi connectivity index (χ2n) is 9.98. The fourth-order valence-corrected chi connectivity index (χ4v) is 5.67. The number of methoxy groups -OCH3 is 1. The summed E-state index contributed by atoms with van der Waals surface area (Å²) in [5.74, 6) is 0.725. The normalized spacial score (nSPS) is 12.2. The molecule has 0 aliphatic carbocycles. The molecule has 8 nitrogen and oxygen atoms in total. The van der Waals surface area contributed by atoms with Crippen molar-refractivity contribution in [3.05, 3.63) is 76.9 Å².